The fraction of sp³-hybridized carbons (Fsp3) is 0.0270. The molecule has 0 heterocycles. The summed E-state index contributed by atoms with van der Waals surface area (Å²) < 4.78 is 0. The Morgan fingerprint density at radius 1 is 0.333 bits per heavy atom. The van der Waals surface area contributed by atoms with Gasteiger partial charge in [0, 0.05) is 12.1 Å². The monoisotopic (exact) mass is 632 g/mol. The summed E-state index contributed by atoms with van der Waals surface area (Å²) >= 11 is 14.5. The van der Waals surface area contributed by atoms with Crippen LogP contribution in [0, 0.1) is 0 Å². The molecule has 6 rings (SSSR count). The van der Waals surface area contributed by atoms with E-state index in [1.165, 1.54) is 31.8 Å². The van der Waals surface area contributed by atoms with Crippen LogP contribution in [0.25, 0.3) is 0 Å². The lowest BCUT2D eigenvalue weighted by molar-refractivity contribution is 1.69. The van der Waals surface area contributed by atoms with Crippen molar-refractivity contribution in [3.05, 3.63) is 182 Å². The summed E-state index contributed by atoms with van der Waals surface area (Å²) in [5.41, 5.74) is 0. The van der Waals surface area contributed by atoms with Crippen molar-refractivity contribution in [3.8, 4) is 0 Å². The van der Waals surface area contributed by atoms with Gasteiger partial charge in [0.25, 0.3) is 0 Å². The van der Waals surface area contributed by atoms with Crippen LogP contribution in [0.5, 0.6) is 0 Å². The Morgan fingerprint density at radius 3 is 0.786 bits per heavy atom. The summed E-state index contributed by atoms with van der Waals surface area (Å²) in [6.45, 7) is 0. The molecule has 0 fully saturated rings. The van der Waals surface area contributed by atoms with Crippen LogP contribution in [-0.4, -0.2) is 5.14 Å². The average molecular weight is 633 g/mol. The molecule has 0 saturated heterocycles. The molecule has 0 unspecified atom stereocenters. The molecule has 0 amide bonds. The van der Waals surface area contributed by atoms with Crippen molar-refractivity contribution in [1.29, 1.82) is 0 Å². The van der Waals surface area contributed by atoms with Crippen molar-refractivity contribution >= 4 is 75.4 Å². The van der Waals surface area contributed by atoms with Crippen LogP contribution in [0.2, 0.25) is 0 Å². The molecular weight excluding hydrogens is 601 g/mol. The zero-order valence-electron chi connectivity index (χ0n) is 23.1. The van der Waals surface area contributed by atoms with Crippen LogP contribution in [0.4, 0.5) is 0 Å². The molecule has 0 radical (unpaired) electrons. The van der Waals surface area contributed by atoms with Gasteiger partial charge in [0.15, 0.2) is 0 Å². The minimum absolute atomic E-state index is 0.00981. The van der Waals surface area contributed by atoms with Gasteiger partial charge in [-0.25, -0.2) is 0 Å². The Balaban J connectivity index is 1.80. The molecule has 0 aliphatic carbocycles. The van der Waals surface area contributed by atoms with Gasteiger partial charge in [0.2, 0.25) is 0 Å². The summed E-state index contributed by atoms with van der Waals surface area (Å²) in [5.74, 6) is 0. The predicted octanol–water partition coefficient (Wildman–Crippen LogP) is 7.66. The van der Waals surface area contributed by atoms with Gasteiger partial charge < -0.3 is 0 Å². The van der Waals surface area contributed by atoms with E-state index in [9.17, 15) is 0 Å². The maximum Gasteiger partial charge on any atom is 0.0606 e. The van der Waals surface area contributed by atoms with Gasteiger partial charge in [-0.15, -0.1) is 0 Å². The molecule has 0 bridgehead atoms. The quantitative estimate of drug-likeness (QED) is 0.150. The zero-order valence-corrected chi connectivity index (χ0v) is 27.4. The highest BCUT2D eigenvalue weighted by Crippen LogP contribution is 2.76. The molecule has 5 heteroatoms. The lowest BCUT2D eigenvalue weighted by Gasteiger charge is -2.45. The Bertz CT molecular complexity index is 1590. The van der Waals surface area contributed by atoms with Gasteiger partial charge in [0.1, 0.15) is 0 Å². The summed E-state index contributed by atoms with van der Waals surface area (Å²) in [6.07, 6.45) is 0. The van der Waals surface area contributed by atoms with E-state index in [-0.39, 0.29) is 5.14 Å². The van der Waals surface area contributed by atoms with E-state index in [0.29, 0.717) is 0 Å². The topological polar surface area (TPSA) is 0 Å². The first-order valence-electron chi connectivity index (χ1n) is 13.9. The normalized spacial score (nSPS) is 12.0. The van der Waals surface area contributed by atoms with Gasteiger partial charge >= 0.3 is 0 Å². The lowest BCUT2D eigenvalue weighted by atomic mass is 10.4. The third kappa shape index (κ3) is 5.56. The second-order valence-electron chi connectivity index (χ2n) is 10.0. The predicted molar refractivity (Wildman–Crippen MR) is 196 cm³/mol. The van der Waals surface area contributed by atoms with Gasteiger partial charge in [-0.2, -0.15) is 0 Å². The zero-order chi connectivity index (χ0) is 28.8. The number of benzene rings is 6. The largest absolute Gasteiger partial charge is 0.0865 e. The van der Waals surface area contributed by atoms with Gasteiger partial charge in [0.05, 0.1) is 5.14 Å². The molecule has 0 atom stereocenters. The fourth-order valence-corrected chi connectivity index (χ4v) is 27.0. The van der Waals surface area contributed by atoms with E-state index in [2.05, 4.69) is 182 Å². The first-order valence-corrected chi connectivity index (χ1v) is 21.1. The van der Waals surface area contributed by atoms with Crippen LogP contribution in [0.3, 0.4) is 0 Å². The standard InChI is InChI=1S/C37H31P3S2/c41-39(33-23-11-3-12-24-33,34-25-13-4-14-26-34)37(38(31-19-7-1-8-20-31)32-21-9-2-10-22-32)40(42,35-27-15-5-16-28-35)36-29-17-6-18-30-36/h1-30,37H. The van der Waals surface area contributed by atoms with Crippen LogP contribution >= 0.6 is 20.0 Å². The highest BCUT2D eigenvalue weighted by Gasteiger charge is 2.48. The minimum atomic E-state index is -2.57. The smallest absolute Gasteiger partial charge is 0.0606 e. The van der Waals surface area contributed by atoms with E-state index in [0.717, 1.165) is 0 Å². The van der Waals surface area contributed by atoms with E-state index >= 15 is 0 Å². The van der Waals surface area contributed by atoms with Crippen molar-refractivity contribution in [2.75, 3.05) is 0 Å². The van der Waals surface area contributed by atoms with Crippen LogP contribution in [0.15, 0.2) is 182 Å². The van der Waals surface area contributed by atoms with Crippen LogP contribution in [0.1, 0.15) is 0 Å². The molecule has 206 valence electrons. The molecule has 0 saturated carbocycles. The highest BCUT2D eigenvalue weighted by molar-refractivity contribution is 8.36. The minimum Gasteiger partial charge on any atom is -0.0865 e. The summed E-state index contributed by atoms with van der Waals surface area (Å²) in [6, 6.07) is 60.3. The summed E-state index contributed by atoms with van der Waals surface area (Å²) in [4.78, 5) is 0. The summed E-state index contributed by atoms with van der Waals surface area (Å²) in [7, 11) is -0.994. The molecule has 6 aromatic rings. The third-order valence-corrected chi connectivity index (χ3v) is 26.5. The number of rotatable bonds is 9. The molecule has 0 aromatic heterocycles. The second-order valence-corrected chi connectivity index (χ2v) is 22.7. The number of hydrogen-bond acceptors (Lipinski definition) is 2. The maximum atomic E-state index is 7.27. The van der Waals surface area contributed by atoms with E-state index in [1.54, 1.807) is 0 Å². The third-order valence-electron chi connectivity index (χ3n) is 7.51. The maximum absolute atomic E-state index is 7.27. The molecule has 0 nitrogen and oxygen atoms in total. The second kappa shape index (κ2) is 13.1. The van der Waals surface area contributed by atoms with Gasteiger partial charge in [-0.3, -0.25) is 0 Å². The first kappa shape index (κ1) is 29.1. The molecule has 0 aliphatic rings. The van der Waals surface area contributed by atoms with E-state index in [1.807, 2.05) is 0 Å². The molecule has 0 aliphatic heterocycles. The molecule has 6 aromatic carbocycles. The van der Waals surface area contributed by atoms with Crippen molar-refractivity contribution in [2.45, 2.75) is 5.14 Å². The van der Waals surface area contributed by atoms with Crippen molar-refractivity contribution in [3.63, 3.8) is 0 Å². The fourth-order valence-electron chi connectivity index (χ4n) is 5.58. The van der Waals surface area contributed by atoms with Crippen molar-refractivity contribution in [2.24, 2.45) is 0 Å². The Labute approximate surface area is 261 Å². The van der Waals surface area contributed by atoms with Gasteiger partial charge in [-0.1, -0.05) is 206 Å². The van der Waals surface area contributed by atoms with Crippen LogP contribution < -0.4 is 31.8 Å². The average Bonchev–Trinajstić information content (AvgIpc) is 3.09. The SMILES string of the molecule is S=P(c1ccccc1)(c1ccccc1)C(P(c1ccccc1)c1ccccc1)P(=S)(c1ccccc1)c1ccccc1. The highest BCUT2D eigenvalue weighted by atomic mass is 32.5. The molecule has 0 spiro atoms. The number of hydrogen-bond donors (Lipinski definition) is 0. The van der Waals surface area contributed by atoms with E-state index in [4.69, 9.17) is 23.6 Å². The Hall–Kier alpha value is -2.95. The van der Waals surface area contributed by atoms with E-state index < -0.39 is 20.0 Å². The first-order chi connectivity index (χ1) is 20.6. The summed E-state index contributed by atoms with van der Waals surface area (Å²) in [5, 5.41) is 7.49. The Morgan fingerprint density at radius 2 is 0.548 bits per heavy atom. The van der Waals surface area contributed by atoms with Crippen molar-refractivity contribution in [1.82, 2.24) is 0 Å². The Kier molecular flexibility index (Phi) is 9.11. The molecule has 0 N–H and O–H groups in total. The molecular formula is C37H31P3S2. The lowest BCUT2D eigenvalue weighted by Crippen LogP contribution is -2.35. The molecule has 42 heavy (non-hydrogen) atoms. The van der Waals surface area contributed by atoms with Gasteiger partial charge in [-0.05, 0) is 39.7 Å². The van der Waals surface area contributed by atoms with Crippen LogP contribution in [-0.2, 0) is 23.6 Å². The van der Waals surface area contributed by atoms with Crippen molar-refractivity contribution < 1.29 is 0 Å².